The molecule has 0 unspecified atom stereocenters. The van der Waals surface area contributed by atoms with Crippen LogP contribution in [0.1, 0.15) is 68.6 Å². The molecule has 1 radical (unpaired) electrons. The zero-order valence-electron chi connectivity index (χ0n) is 15.9. The average Bonchev–Trinajstić information content (AvgIpc) is 3.45. The first kappa shape index (κ1) is 18.0. The highest BCUT2D eigenvalue weighted by Crippen LogP contribution is 2.42. The van der Waals surface area contributed by atoms with Crippen LogP contribution in [0.3, 0.4) is 0 Å². The van der Waals surface area contributed by atoms with Crippen molar-refractivity contribution in [1.29, 1.82) is 0 Å². The lowest BCUT2D eigenvalue weighted by Gasteiger charge is -2.22. The Bertz CT molecular complexity index is 655. The van der Waals surface area contributed by atoms with E-state index in [1.54, 1.807) is 13.0 Å². The van der Waals surface area contributed by atoms with E-state index in [2.05, 4.69) is 62.4 Å². The summed E-state index contributed by atoms with van der Waals surface area (Å²) in [5.41, 5.74) is 4.37. The van der Waals surface area contributed by atoms with Crippen molar-refractivity contribution in [3.05, 3.63) is 71.1 Å². The van der Waals surface area contributed by atoms with Crippen LogP contribution in [-0.2, 0) is 6.42 Å². The van der Waals surface area contributed by atoms with Crippen molar-refractivity contribution >= 4 is 0 Å². The molecular formula is C24H31O. The Balaban J connectivity index is 1.73. The third-order valence-corrected chi connectivity index (χ3v) is 5.28. The molecule has 0 bridgehead atoms. The molecule has 25 heavy (non-hydrogen) atoms. The fourth-order valence-corrected chi connectivity index (χ4v) is 3.64. The van der Waals surface area contributed by atoms with Crippen LogP contribution in [0.5, 0.6) is 5.75 Å². The molecule has 1 fully saturated rings. The number of rotatable bonds is 9. The molecule has 3 rings (SSSR count). The largest absolute Gasteiger partial charge is 0.497 e. The van der Waals surface area contributed by atoms with Crippen molar-refractivity contribution in [2.75, 3.05) is 7.11 Å². The molecule has 0 atom stereocenters. The first-order valence-corrected chi connectivity index (χ1v) is 9.74. The van der Waals surface area contributed by atoms with Crippen LogP contribution in [0.2, 0.25) is 0 Å². The Morgan fingerprint density at radius 3 is 2.48 bits per heavy atom. The summed E-state index contributed by atoms with van der Waals surface area (Å²) in [5.74, 6) is 4.08. The SMILES string of the molecule is COc1ccc([C](CCCc2ccccc2)CC2CC2)c(C(C)C)c1. The van der Waals surface area contributed by atoms with Gasteiger partial charge in [0.1, 0.15) is 5.75 Å². The maximum absolute atomic E-state index is 5.46. The molecule has 0 aromatic heterocycles. The van der Waals surface area contributed by atoms with Gasteiger partial charge in [0.2, 0.25) is 0 Å². The number of hydrogen-bond donors (Lipinski definition) is 0. The maximum atomic E-state index is 5.46. The molecule has 1 aliphatic rings. The molecule has 133 valence electrons. The van der Waals surface area contributed by atoms with E-state index in [0.29, 0.717) is 5.92 Å². The van der Waals surface area contributed by atoms with Crippen LogP contribution >= 0.6 is 0 Å². The van der Waals surface area contributed by atoms with Crippen LogP contribution < -0.4 is 4.74 Å². The molecule has 0 spiro atoms. The van der Waals surface area contributed by atoms with E-state index in [0.717, 1.165) is 11.7 Å². The van der Waals surface area contributed by atoms with Crippen molar-refractivity contribution in [2.45, 2.75) is 58.3 Å². The first-order valence-electron chi connectivity index (χ1n) is 9.74. The highest BCUT2D eigenvalue weighted by molar-refractivity contribution is 5.45. The molecule has 1 saturated carbocycles. The monoisotopic (exact) mass is 335 g/mol. The zero-order valence-corrected chi connectivity index (χ0v) is 15.9. The van der Waals surface area contributed by atoms with Crippen LogP contribution in [0, 0.1) is 11.8 Å². The van der Waals surface area contributed by atoms with E-state index < -0.39 is 0 Å². The molecule has 0 N–H and O–H groups in total. The van der Waals surface area contributed by atoms with Gasteiger partial charge in [-0.3, -0.25) is 0 Å². The topological polar surface area (TPSA) is 9.23 Å². The Morgan fingerprint density at radius 1 is 1.08 bits per heavy atom. The van der Waals surface area contributed by atoms with E-state index in [-0.39, 0.29) is 0 Å². The normalized spacial score (nSPS) is 14.3. The van der Waals surface area contributed by atoms with Crippen molar-refractivity contribution in [1.82, 2.24) is 0 Å². The van der Waals surface area contributed by atoms with Crippen molar-refractivity contribution in [3.63, 3.8) is 0 Å². The van der Waals surface area contributed by atoms with Crippen LogP contribution in [0.15, 0.2) is 48.5 Å². The standard InChI is InChI=1S/C24H31O/c1-18(2)24-17-22(25-3)14-15-23(24)21(16-20-12-13-20)11-7-10-19-8-5-4-6-9-19/h4-6,8-9,14-15,17-18,20H,7,10-13,16H2,1-3H3. The summed E-state index contributed by atoms with van der Waals surface area (Å²) >= 11 is 0. The number of benzene rings is 2. The Hall–Kier alpha value is -1.76. The fourth-order valence-electron chi connectivity index (χ4n) is 3.64. The first-order chi connectivity index (χ1) is 12.2. The van der Waals surface area contributed by atoms with E-state index in [1.807, 2.05) is 0 Å². The third kappa shape index (κ3) is 5.11. The van der Waals surface area contributed by atoms with Crippen molar-refractivity contribution in [2.24, 2.45) is 5.92 Å². The molecular weight excluding hydrogens is 304 g/mol. The Morgan fingerprint density at radius 2 is 1.84 bits per heavy atom. The van der Waals surface area contributed by atoms with Gasteiger partial charge in [0, 0.05) is 5.92 Å². The number of methoxy groups -OCH3 is 1. The smallest absolute Gasteiger partial charge is 0.119 e. The van der Waals surface area contributed by atoms with Crippen LogP contribution in [0.25, 0.3) is 0 Å². The molecule has 2 aromatic rings. The minimum atomic E-state index is 0.522. The van der Waals surface area contributed by atoms with Gasteiger partial charge in [-0.15, -0.1) is 0 Å². The van der Waals surface area contributed by atoms with Gasteiger partial charge in [-0.25, -0.2) is 0 Å². The van der Waals surface area contributed by atoms with Gasteiger partial charge in [0.05, 0.1) is 7.11 Å². The van der Waals surface area contributed by atoms with Crippen LogP contribution in [0.4, 0.5) is 0 Å². The molecule has 1 nitrogen and oxygen atoms in total. The van der Waals surface area contributed by atoms with Gasteiger partial charge in [-0.1, -0.05) is 63.1 Å². The summed E-state index contributed by atoms with van der Waals surface area (Å²) in [6.45, 7) is 4.58. The third-order valence-electron chi connectivity index (χ3n) is 5.28. The molecule has 2 aromatic carbocycles. The number of aryl methyl sites for hydroxylation is 1. The molecule has 1 heteroatoms. The zero-order chi connectivity index (χ0) is 17.6. The summed E-state index contributed by atoms with van der Waals surface area (Å²) in [6.07, 6.45) is 7.71. The summed E-state index contributed by atoms with van der Waals surface area (Å²) in [7, 11) is 1.76. The lowest BCUT2D eigenvalue weighted by molar-refractivity contribution is 0.413. The second-order valence-electron chi connectivity index (χ2n) is 7.70. The van der Waals surface area contributed by atoms with Gasteiger partial charge in [-0.05, 0) is 66.3 Å². The molecule has 1 aliphatic carbocycles. The molecule has 0 aliphatic heterocycles. The second kappa shape index (κ2) is 8.56. The predicted molar refractivity (Wildman–Crippen MR) is 106 cm³/mol. The van der Waals surface area contributed by atoms with E-state index >= 15 is 0 Å². The highest BCUT2D eigenvalue weighted by atomic mass is 16.5. The van der Waals surface area contributed by atoms with Gasteiger partial charge >= 0.3 is 0 Å². The summed E-state index contributed by atoms with van der Waals surface area (Å²) in [4.78, 5) is 0. The number of ether oxygens (including phenoxy) is 1. The lowest BCUT2D eigenvalue weighted by atomic mass is 9.82. The predicted octanol–water partition coefficient (Wildman–Crippen LogP) is 6.56. The Kier molecular flexibility index (Phi) is 6.18. The maximum Gasteiger partial charge on any atom is 0.119 e. The minimum Gasteiger partial charge on any atom is -0.497 e. The average molecular weight is 336 g/mol. The second-order valence-corrected chi connectivity index (χ2v) is 7.70. The fraction of sp³-hybridized carbons (Fsp3) is 0.458. The van der Waals surface area contributed by atoms with Crippen LogP contribution in [-0.4, -0.2) is 7.11 Å². The lowest BCUT2D eigenvalue weighted by Crippen LogP contribution is -2.07. The van der Waals surface area contributed by atoms with Gasteiger partial charge in [-0.2, -0.15) is 0 Å². The summed E-state index contributed by atoms with van der Waals surface area (Å²) < 4.78 is 5.46. The number of hydrogen-bond acceptors (Lipinski definition) is 1. The van der Waals surface area contributed by atoms with Gasteiger partial charge < -0.3 is 4.74 Å². The van der Waals surface area contributed by atoms with Gasteiger partial charge in [0.25, 0.3) is 0 Å². The quantitative estimate of drug-likeness (QED) is 0.504. The summed E-state index contributed by atoms with van der Waals surface area (Å²) in [5, 5.41) is 0. The highest BCUT2D eigenvalue weighted by Gasteiger charge is 2.28. The molecule has 0 heterocycles. The van der Waals surface area contributed by atoms with E-state index in [1.165, 1.54) is 55.2 Å². The minimum absolute atomic E-state index is 0.522. The van der Waals surface area contributed by atoms with Crippen molar-refractivity contribution < 1.29 is 4.74 Å². The molecule has 0 amide bonds. The van der Waals surface area contributed by atoms with E-state index in [9.17, 15) is 0 Å². The van der Waals surface area contributed by atoms with Gasteiger partial charge in [0.15, 0.2) is 0 Å². The van der Waals surface area contributed by atoms with Crippen molar-refractivity contribution in [3.8, 4) is 5.75 Å². The van der Waals surface area contributed by atoms with E-state index in [4.69, 9.17) is 4.74 Å². The molecule has 0 saturated heterocycles. The Labute approximate surface area is 153 Å². The summed E-state index contributed by atoms with van der Waals surface area (Å²) in [6, 6.07) is 17.5.